The maximum absolute atomic E-state index is 9.63. The summed E-state index contributed by atoms with van der Waals surface area (Å²) in [6, 6.07) is 0. The van der Waals surface area contributed by atoms with E-state index in [1.165, 1.54) is 11.3 Å². The standard InChI is InChI=1S/C14H25N3O/c1-10(18)11-5-6-17(8-11)9-12-7-15-16-13(12)14(2,3)4/h7,10-11,18H,5-6,8-9H2,1-4H3,(H,15,16). The van der Waals surface area contributed by atoms with Crippen LogP contribution in [-0.2, 0) is 12.0 Å². The van der Waals surface area contributed by atoms with E-state index < -0.39 is 0 Å². The number of nitrogens with one attached hydrogen (secondary N) is 1. The zero-order chi connectivity index (χ0) is 13.3. The lowest BCUT2D eigenvalue weighted by Gasteiger charge is -2.22. The van der Waals surface area contributed by atoms with Gasteiger partial charge >= 0.3 is 0 Å². The molecule has 2 unspecified atom stereocenters. The highest BCUT2D eigenvalue weighted by Crippen LogP contribution is 2.27. The second-order valence-corrected chi connectivity index (χ2v) is 6.54. The van der Waals surface area contributed by atoms with Crippen LogP contribution in [0.3, 0.4) is 0 Å². The highest BCUT2D eigenvalue weighted by molar-refractivity contribution is 5.23. The molecular weight excluding hydrogens is 226 g/mol. The largest absolute Gasteiger partial charge is 0.393 e. The molecule has 0 saturated carbocycles. The second kappa shape index (κ2) is 5.02. The molecule has 1 aliphatic rings. The molecule has 1 aromatic rings. The number of hydrogen-bond donors (Lipinski definition) is 2. The zero-order valence-corrected chi connectivity index (χ0v) is 11.9. The van der Waals surface area contributed by atoms with Gasteiger partial charge in [-0.3, -0.25) is 10.00 Å². The number of hydrogen-bond acceptors (Lipinski definition) is 3. The van der Waals surface area contributed by atoms with Crippen molar-refractivity contribution in [3.8, 4) is 0 Å². The van der Waals surface area contributed by atoms with E-state index in [2.05, 4.69) is 35.9 Å². The third kappa shape index (κ3) is 2.93. The van der Waals surface area contributed by atoms with E-state index in [-0.39, 0.29) is 11.5 Å². The molecule has 0 bridgehead atoms. The van der Waals surface area contributed by atoms with Crippen LogP contribution in [0.1, 0.15) is 45.4 Å². The molecule has 1 saturated heterocycles. The first-order valence-electron chi connectivity index (χ1n) is 6.81. The van der Waals surface area contributed by atoms with Crippen molar-refractivity contribution in [2.24, 2.45) is 5.92 Å². The van der Waals surface area contributed by atoms with E-state index in [9.17, 15) is 5.11 Å². The second-order valence-electron chi connectivity index (χ2n) is 6.54. The molecule has 1 aliphatic heterocycles. The van der Waals surface area contributed by atoms with E-state index in [1.54, 1.807) is 0 Å². The van der Waals surface area contributed by atoms with Gasteiger partial charge in [-0.1, -0.05) is 20.8 Å². The summed E-state index contributed by atoms with van der Waals surface area (Å²) in [5, 5.41) is 16.9. The number of aromatic nitrogens is 2. The van der Waals surface area contributed by atoms with Gasteiger partial charge in [-0.15, -0.1) is 0 Å². The molecule has 0 aromatic carbocycles. The fourth-order valence-corrected chi connectivity index (χ4v) is 2.72. The molecule has 2 atom stereocenters. The highest BCUT2D eigenvalue weighted by Gasteiger charge is 2.28. The topological polar surface area (TPSA) is 52.1 Å². The molecule has 2 N–H and O–H groups in total. The minimum atomic E-state index is -0.193. The highest BCUT2D eigenvalue weighted by atomic mass is 16.3. The Morgan fingerprint density at radius 3 is 2.83 bits per heavy atom. The summed E-state index contributed by atoms with van der Waals surface area (Å²) in [5.74, 6) is 0.426. The Morgan fingerprint density at radius 2 is 2.28 bits per heavy atom. The first kappa shape index (κ1) is 13.6. The van der Waals surface area contributed by atoms with Crippen LogP contribution in [0.4, 0.5) is 0 Å². The molecule has 2 rings (SSSR count). The molecular formula is C14H25N3O. The Labute approximate surface area is 109 Å². The first-order valence-corrected chi connectivity index (χ1v) is 6.81. The number of aliphatic hydroxyl groups excluding tert-OH is 1. The van der Waals surface area contributed by atoms with E-state index in [4.69, 9.17) is 0 Å². The van der Waals surface area contributed by atoms with Crippen LogP contribution < -0.4 is 0 Å². The zero-order valence-electron chi connectivity index (χ0n) is 11.9. The average molecular weight is 251 g/mol. The number of rotatable bonds is 3. The Bertz CT molecular complexity index is 392. The third-order valence-corrected chi connectivity index (χ3v) is 3.85. The first-order chi connectivity index (χ1) is 8.38. The maximum Gasteiger partial charge on any atom is 0.0552 e. The molecule has 4 nitrogen and oxygen atoms in total. The quantitative estimate of drug-likeness (QED) is 0.863. The van der Waals surface area contributed by atoms with Gasteiger partial charge in [-0.2, -0.15) is 5.10 Å². The van der Waals surface area contributed by atoms with Crippen molar-refractivity contribution >= 4 is 0 Å². The van der Waals surface area contributed by atoms with Gasteiger partial charge in [0.2, 0.25) is 0 Å². The van der Waals surface area contributed by atoms with Crippen molar-refractivity contribution in [2.75, 3.05) is 13.1 Å². The van der Waals surface area contributed by atoms with Crippen molar-refractivity contribution in [2.45, 2.75) is 52.2 Å². The molecule has 0 spiro atoms. The summed E-state index contributed by atoms with van der Waals surface area (Å²) in [6.07, 6.45) is 2.85. The molecule has 2 heterocycles. The van der Waals surface area contributed by atoms with Gasteiger partial charge in [-0.25, -0.2) is 0 Å². The van der Waals surface area contributed by atoms with Gasteiger partial charge in [0.1, 0.15) is 0 Å². The monoisotopic (exact) mass is 251 g/mol. The molecule has 1 aromatic heterocycles. The van der Waals surface area contributed by atoms with Crippen molar-refractivity contribution in [3.63, 3.8) is 0 Å². The predicted molar refractivity (Wildman–Crippen MR) is 72.4 cm³/mol. The van der Waals surface area contributed by atoms with Crippen molar-refractivity contribution in [3.05, 3.63) is 17.5 Å². The average Bonchev–Trinajstić information content (AvgIpc) is 2.85. The van der Waals surface area contributed by atoms with Crippen LogP contribution in [0.25, 0.3) is 0 Å². The maximum atomic E-state index is 9.63. The smallest absolute Gasteiger partial charge is 0.0552 e. The fraction of sp³-hybridized carbons (Fsp3) is 0.786. The van der Waals surface area contributed by atoms with Crippen LogP contribution in [0.2, 0.25) is 0 Å². The van der Waals surface area contributed by atoms with Gasteiger partial charge in [0.15, 0.2) is 0 Å². The minimum absolute atomic E-state index is 0.106. The van der Waals surface area contributed by atoms with Crippen LogP contribution in [-0.4, -0.2) is 39.4 Å². The predicted octanol–water partition coefficient (Wildman–Crippen LogP) is 1.91. The normalized spacial score (nSPS) is 23.5. The van der Waals surface area contributed by atoms with Gasteiger partial charge in [-0.05, 0) is 25.8 Å². The Hall–Kier alpha value is -0.870. The van der Waals surface area contributed by atoms with Gasteiger partial charge in [0.05, 0.1) is 12.3 Å². The molecule has 4 heteroatoms. The lowest BCUT2D eigenvalue weighted by atomic mass is 9.89. The van der Waals surface area contributed by atoms with E-state index in [0.29, 0.717) is 5.92 Å². The summed E-state index contributed by atoms with van der Waals surface area (Å²) >= 11 is 0. The number of H-pyrrole nitrogens is 1. The van der Waals surface area contributed by atoms with Crippen molar-refractivity contribution in [1.29, 1.82) is 0 Å². The number of aromatic amines is 1. The number of likely N-dealkylation sites (tertiary alicyclic amines) is 1. The fourth-order valence-electron chi connectivity index (χ4n) is 2.72. The number of nitrogens with zero attached hydrogens (tertiary/aromatic N) is 2. The van der Waals surface area contributed by atoms with Gasteiger partial charge in [0, 0.05) is 29.8 Å². The molecule has 1 fully saturated rings. The van der Waals surface area contributed by atoms with Crippen molar-refractivity contribution in [1.82, 2.24) is 15.1 Å². The Kier molecular flexibility index (Phi) is 3.78. The van der Waals surface area contributed by atoms with Crippen LogP contribution in [0.5, 0.6) is 0 Å². The molecule has 102 valence electrons. The summed E-state index contributed by atoms with van der Waals surface area (Å²) in [5.41, 5.74) is 2.62. The van der Waals surface area contributed by atoms with Crippen LogP contribution in [0, 0.1) is 5.92 Å². The molecule has 0 amide bonds. The van der Waals surface area contributed by atoms with Crippen LogP contribution in [0.15, 0.2) is 6.20 Å². The Morgan fingerprint density at radius 1 is 1.56 bits per heavy atom. The molecule has 18 heavy (non-hydrogen) atoms. The number of aliphatic hydroxyl groups is 1. The van der Waals surface area contributed by atoms with E-state index in [0.717, 1.165) is 26.1 Å². The van der Waals surface area contributed by atoms with Crippen molar-refractivity contribution < 1.29 is 5.11 Å². The molecule has 0 radical (unpaired) electrons. The SMILES string of the molecule is CC(O)C1CCN(Cc2cn[nH]c2C(C)(C)C)C1. The van der Waals surface area contributed by atoms with Crippen LogP contribution >= 0.6 is 0 Å². The van der Waals surface area contributed by atoms with Gasteiger partial charge in [0.25, 0.3) is 0 Å². The summed E-state index contributed by atoms with van der Waals surface area (Å²) in [6.45, 7) is 11.5. The minimum Gasteiger partial charge on any atom is -0.393 e. The summed E-state index contributed by atoms with van der Waals surface area (Å²) < 4.78 is 0. The van der Waals surface area contributed by atoms with E-state index in [1.807, 2.05) is 13.1 Å². The lowest BCUT2D eigenvalue weighted by Crippen LogP contribution is -2.25. The summed E-state index contributed by atoms with van der Waals surface area (Å²) in [7, 11) is 0. The third-order valence-electron chi connectivity index (χ3n) is 3.85. The lowest BCUT2D eigenvalue weighted by molar-refractivity contribution is 0.127. The van der Waals surface area contributed by atoms with E-state index >= 15 is 0 Å². The molecule has 0 aliphatic carbocycles. The summed E-state index contributed by atoms with van der Waals surface area (Å²) in [4.78, 5) is 2.41. The Balaban J connectivity index is 2.01. The van der Waals surface area contributed by atoms with Gasteiger partial charge < -0.3 is 5.11 Å².